The largest absolute Gasteiger partial charge is 0.394 e. The van der Waals surface area contributed by atoms with Gasteiger partial charge < -0.3 is 0 Å². The molecule has 1 fully saturated rings. The van der Waals surface area contributed by atoms with E-state index < -0.39 is 40.3 Å². The van der Waals surface area contributed by atoms with E-state index in [1.54, 1.807) is 54.6 Å². The third kappa shape index (κ3) is 3.43. The predicted molar refractivity (Wildman–Crippen MR) is 107 cm³/mol. The van der Waals surface area contributed by atoms with E-state index in [2.05, 4.69) is 0 Å². The number of benzene rings is 3. The Morgan fingerprint density at radius 2 is 1.31 bits per heavy atom. The van der Waals surface area contributed by atoms with Gasteiger partial charge >= 0.3 is 16.4 Å². The van der Waals surface area contributed by atoms with Gasteiger partial charge in [0.05, 0.1) is 5.69 Å². The minimum atomic E-state index is -5.49. The van der Waals surface area contributed by atoms with E-state index >= 15 is 0 Å². The summed E-state index contributed by atoms with van der Waals surface area (Å²) in [6, 6.07) is 16.3. The highest BCUT2D eigenvalue weighted by atomic mass is 35.5. The smallest absolute Gasteiger partial charge is 0.247 e. The summed E-state index contributed by atoms with van der Waals surface area (Å²) in [5.41, 5.74) is 1.18. The Morgan fingerprint density at radius 1 is 0.724 bits per heavy atom. The molecule has 3 aromatic carbocycles. The normalized spacial score (nSPS) is 20.0. The van der Waals surface area contributed by atoms with E-state index in [0.29, 0.717) is 30.6 Å². The molecule has 0 bridgehead atoms. The maximum absolute atomic E-state index is 13.9. The summed E-state index contributed by atoms with van der Waals surface area (Å²) in [5, 5.41) is -8.53. The van der Waals surface area contributed by atoms with E-state index in [9.17, 15) is 26.3 Å². The maximum Gasteiger partial charge on any atom is 0.394 e. The average molecular weight is 466 g/mol. The Balaban J connectivity index is 1.88. The lowest BCUT2D eigenvalue weighted by atomic mass is 10.00. The van der Waals surface area contributed by atoms with Crippen LogP contribution in [0.5, 0.6) is 0 Å². The molecule has 4 rings (SSSR count). The van der Waals surface area contributed by atoms with Gasteiger partial charge in [-0.1, -0.05) is 48.0 Å². The molecule has 0 spiro atoms. The second-order valence-corrected chi connectivity index (χ2v) is 9.06. The van der Waals surface area contributed by atoms with Crippen LogP contribution in [0.25, 0.3) is 21.9 Å². The van der Waals surface area contributed by atoms with Crippen LogP contribution in [-0.4, -0.2) is 16.4 Å². The summed E-state index contributed by atoms with van der Waals surface area (Å²) >= 11 is 4.65. The quantitative estimate of drug-likeness (QED) is 0.278. The molecule has 0 radical (unpaired) electrons. The Kier molecular flexibility index (Phi) is 4.91. The first-order valence-corrected chi connectivity index (χ1v) is 10.0. The molecule has 1 saturated heterocycles. The Hall–Kier alpha value is -1.71. The molecule has 0 N–H and O–H groups in total. The fourth-order valence-electron chi connectivity index (χ4n) is 2.86. The molecule has 29 heavy (non-hydrogen) atoms. The standard InChI is InChI=1S/C19H10ClF6NS2/c20-14-7-5-11(6-8-14)13-9-12-3-1-2-4-15(12)16(10-13)27-28-18(23,24)17(21,22)19(25,26)29-27/h1-10H. The average Bonchev–Trinajstić information content (AvgIpc) is 2.65. The molecule has 1 aliphatic heterocycles. The number of hydrogen-bond donors (Lipinski definition) is 0. The first-order valence-electron chi connectivity index (χ1n) is 8.12. The van der Waals surface area contributed by atoms with Gasteiger partial charge in [0, 0.05) is 34.3 Å². The van der Waals surface area contributed by atoms with Gasteiger partial charge in [-0.2, -0.15) is 26.3 Å². The molecule has 0 aliphatic carbocycles. The van der Waals surface area contributed by atoms with Crippen LogP contribution in [-0.2, 0) is 0 Å². The second kappa shape index (κ2) is 6.92. The topological polar surface area (TPSA) is 3.24 Å². The second-order valence-electron chi connectivity index (χ2n) is 6.27. The zero-order valence-electron chi connectivity index (χ0n) is 14.2. The lowest BCUT2D eigenvalue weighted by Gasteiger charge is -2.41. The van der Waals surface area contributed by atoms with Gasteiger partial charge in [0.15, 0.2) is 0 Å². The van der Waals surface area contributed by atoms with Gasteiger partial charge in [-0.25, -0.2) is 3.71 Å². The molecular formula is C19H10ClF6NS2. The number of anilines is 1. The SMILES string of the molecule is FC1(F)SN(c2cc(-c3ccc(Cl)cc3)cc3ccccc23)SC(F)(F)C1(F)F. The van der Waals surface area contributed by atoms with Crippen molar-refractivity contribution in [2.45, 2.75) is 16.4 Å². The van der Waals surface area contributed by atoms with Crippen molar-refractivity contribution in [3.05, 3.63) is 65.7 Å². The van der Waals surface area contributed by atoms with E-state index in [-0.39, 0.29) is 5.69 Å². The lowest BCUT2D eigenvalue weighted by Crippen LogP contribution is -2.56. The van der Waals surface area contributed by atoms with E-state index in [0.717, 1.165) is 0 Å². The van der Waals surface area contributed by atoms with Gasteiger partial charge in [-0.15, -0.1) is 0 Å². The highest BCUT2D eigenvalue weighted by Gasteiger charge is 2.77. The molecule has 1 nitrogen and oxygen atoms in total. The third-order valence-corrected chi connectivity index (χ3v) is 6.74. The van der Waals surface area contributed by atoms with Crippen molar-refractivity contribution >= 4 is 52.0 Å². The zero-order chi connectivity index (χ0) is 21.0. The fraction of sp³-hybridized carbons (Fsp3) is 0.158. The van der Waals surface area contributed by atoms with Crippen LogP contribution in [0.3, 0.4) is 0 Å². The number of alkyl halides is 6. The summed E-state index contributed by atoms with van der Waals surface area (Å²) in [6.07, 6.45) is 0. The highest BCUT2D eigenvalue weighted by molar-refractivity contribution is 8.19. The predicted octanol–water partition coefficient (Wildman–Crippen LogP) is 8.10. The molecule has 0 aromatic heterocycles. The Labute approximate surface area is 175 Å². The van der Waals surface area contributed by atoms with E-state index in [4.69, 9.17) is 11.6 Å². The van der Waals surface area contributed by atoms with Crippen molar-refractivity contribution < 1.29 is 26.3 Å². The first-order chi connectivity index (χ1) is 13.5. The molecule has 0 saturated carbocycles. The minimum Gasteiger partial charge on any atom is -0.247 e. The van der Waals surface area contributed by atoms with Crippen LogP contribution in [0.2, 0.25) is 5.02 Å². The Morgan fingerprint density at radius 3 is 1.93 bits per heavy atom. The first kappa shape index (κ1) is 20.6. The van der Waals surface area contributed by atoms with Gasteiger partial charge in [0.2, 0.25) is 0 Å². The molecule has 0 amide bonds. The van der Waals surface area contributed by atoms with Gasteiger partial charge in [-0.3, -0.25) is 0 Å². The van der Waals surface area contributed by atoms with Crippen LogP contribution >= 0.6 is 35.5 Å². The summed E-state index contributed by atoms with van der Waals surface area (Å²) in [5.74, 6) is -5.49. The summed E-state index contributed by atoms with van der Waals surface area (Å²) in [7, 11) is 0. The van der Waals surface area contributed by atoms with E-state index in [1.807, 2.05) is 0 Å². The molecule has 10 heteroatoms. The van der Waals surface area contributed by atoms with Crippen LogP contribution in [0.1, 0.15) is 0 Å². The third-order valence-electron chi connectivity index (χ3n) is 4.34. The van der Waals surface area contributed by atoms with Crippen LogP contribution < -0.4 is 3.71 Å². The summed E-state index contributed by atoms with van der Waals surface area (Å²) in [4.78, 5) is 0. The van der Waals surface area contributed by atoms with Crippen LogP contribution in [0.15, 0.2) is 60.7 Å². The Bertz CT molecular complexity index is 1050. The number of rotatable bonds is 2. The van der Waals surface area contributed by atoms with Crippen molar-refractivity contribution in [3.8, 4) is 11.1 Å². The lowest BCUT2D eigenvalue weighted by molar-refractivity contribution is -0.238. The van der Waals surface area contributed by atoms with Crippen molar-refractivity contribution in [1.82, 2.24) is 0 Å². The maximum atomic E-state index is 13.9. The van der Waals surface area contributed by atoms with E-state index in [1.165, 1.54) is 6.07 Å². The summed E-state index contributed by atoms with van der Waals surface area (Å²) in [6.45, 7) is 0. The van der Waals surface area contributed by atoms with Gasteiger partial charge in [0.25, 0.3) is 0 Å². The minimum absolute atomic E-state index is 0.0297. The number of halogens is 7. The fourth-order valence-corrected chi connectivity index (χ4v) is 5.16. The monoisotopic (exact) mass is 465 g/mol. The van der Waals surface area contributed by atoms with Crippen LogP contribution in [0, 0.1) is 0 Å². The zero-order valence-corrected chi connectivity index (χ0v) is 16.6. The van der Waals surface area contributed by atoms with Crippen molar-refractivity contribution in [2.24, 2.45) is 0 Å². The van der Waals surface area contributed by atoms with Gasteiger partial charge in [-0.05, 0) is 40.8 Å². The molecule has 1 heterocycles. The van der Waals surface area contributed by atoms with Crippen molar-refractivity contribution in [3.63, 3.8) is 0 Å². The molecule has 1 aliphatic rings. The summed E-state index contributed by atoms with van der Waals surface area (Å²) < 4.78 is 83.4. The number of nitrogens with zero attached hydrogens (tertiary/aromatic N) is 1. The van der Waals surface area contributed by atoms with Crippen molar-refractivity contribution in [2.75, 3.05) is 3.71 Å². The molecule has 0 unspecified atom stereocenters. The number of fused-ring (bicyclic) bond motifs is 1. The molecule has 3 aromatic rings. The molecule has 0 atom stereocenters. The molecular weight excluding hydrogens is 456 g/mol. The highest BCUT2D eigenvalue weighted by Crippen LogP contribution is 2.64. The van der Waals surface area contributed by atoms with Crippen LogP contribution in [0.4, 0.5) is 32.0 Å². The number of hydrogen-bond acceptors (Lipinski definition) is 3. The van der Waals surface area contributed by atoms with Gasteiger partial charge in [0.1, 0.15) is 0 Å². The van der Waals surface area contributed by atoms with Crippen molar-refractivity contribution in [1.29, 1.82) is 0 Å². The molecule has 152 valence electrons.